The number of hydrogen-bond acceptors (Lipinski definition) is 3. The van der Waals surface area contributed by atoms with Gasteiger partial charge in [0.2, 0.25) is 0 Å². The molecule has 4 heterocycles. The maximum atomic E-state index is 5.37. The number of rotatable bonds is 5. The fraction of sp³-hybridized carbons (Fsp3) is 0.0667. The summed E-state index contributed by atoms with van der Waals surface area (Å²) in [5.41, 5.74) is 11.6. The topological polar surface area (TPSA) is 47.1 Å². The maximum absolute atomic E-state index is 5.37. The fourth-order valence-corrected chi connectivity index (χ4v) is 8.04. The molecule has 2 unspecified atom stereocenters. The Labute approximate surface area is 290 Å². The molecule has 0 radical (unpaired) electrons. The predicted octanol–water partition coefficient (Wildman–Crippen LogP) is 10.1. The van der Waals surface area contributed by atoms with E-state index in [2.05, 4.69) is 166 Å². The molecular weight excluding hydrogens is 611 g/mol. The van der Waals surface area contributed by atoms with Crippen molar-refractivity contribution in [3.05, 3.63) is 192 Å². The first-order valence-corrected chi connectivity index (χ1v) is 17.2. The highest BCUT2D eigenvalue weighted by atomic mass is 15.1. The summed E-state index contributed by atoms with van der Waals surface area (Å²) >= 11 is 0. The first-order chi connectivity index (χ1) is 24.8. The lowest BCUT2D eigenvalue weighted by molar-refractivity contribution is 0.758. The lowest BCUT2D eigenvalue weighted by Crippen LogP contribution is -2.27. The molecule has 238 valence electrons. The van der Waals surface area contributed by atoms with Crippen LogP contribution in [0.2, 0.25) is 0 Å². The third-order valence-electron chi connectivity index (χ3n) is 10.2. The Kier molecular flexibility index (Phi) is 6.62. The molecule has 5 aromatic carbocycles. The molecule has 0 saturated carbocycles. The van der Waals surface area contributed by atoms with Crippen molar-refractivity contribution >= 4 is 50.4 Å². The van der Waals surface area contributed by atoms with Crippen molar-refractivity contribution in [1.82, 2.24) is 19.4 Å². The van der Waals surface area contributed by atoms with Crippen molar-refractivity contribution in [3.8, 4) is 5.69 Å². The number of nitrogens with one attached hydrogen (secondary N) is 1. The average Bonchev–Trinajstić information content (AvgIpc) is 3.71. The number of hydrogen-bond donors (Lipinski definition) is 1. The highest BCUT2D eigenvalue weighted by molar-refractivity contribution is 6.11. The van der Waals surface area contributed by atoms with Gasteiger partial charge in [-0.3, -0.25) is 9.56 Å². The monoisotopic (exact) mass is 643 g/mol. The summed E-state index contributed by atoms with van der Waals surface area (Å²) in [6.07, 6.45) is 9.60. The van der Waals surface area contributed by atoms with E-state index in [0.29, 0.717) is 0 Å². The summed E-state index contributed by atoms with van der Waals surface area (Å²) < 4.78 is 4.78. The minimum Gasteiger partial charge on any atom is -0.345 e. The zero-order valence-corrected chi connectivity index (χ0v) is 27.3. The molecule has 0 saturated heterocycles. The van der Waals surface area contributed by atoms with Crippen molar-refractivity contribution in [1.29, 1.82) is 0 Å². The molecule has 3 aromatic heterocycles. The predicted molar refractivity (Wildman–Crippen MR) is 206 cm³/mol. The van der Waals surface area contributed by atoms with Crippen LogP contribution in [0.5, 0.6) is 0 Å². The summed E-state index contributed by atoms with van der Waals surface area (Å²) in [7, 11) is 0. The zero-order valence-electron chi connectivity index (χ0n) is 27.3. The Bertz CT molecular complexity index is 2640. The largest absolute Gasteiger partial charge is 0.345 e. The second-order valence-corrected chi connectivity index (χ2v) is 13.0. The molecule has 8 aromatic rings. The van der Waals surface area contributed by atoms with E-state index in [1.165, 1.54) is 44.3 Å². The van der Waals surface area contributed by atoms with Gasteiger partial charge in [0.1, 0.15) is 17.5 Å². The Hall–Kier alpha value is -6.46. The lowest BCUT2D eigenvalue weighted by atomic mass is 9.85. The summed E-state index contributed by atoms with van der Waals surface area (Å²) in [4.78, 5) is 10.4. The number of allylic oxidation sites excluding steroid dienone is 1. The number of nitrogens with zero attached hydrogens (tertiary/aromatic N) is 4. The molecule has 1 N–H and O–H groups in total. The van der Waals surface area contributed by atoms with Gasteiger partial charge in [0, 0.05) is 57.0 Å². The van der Waals surface area contributed by atoms with Gasteiger partial charge in [-0.05, 0) is 53.9 Å². The lowest BCUT2D eigenvalue weighted by Gasteiger charge is -2.28. The summed E-state index contributed by atoms with van der Waals surface area (Å²) in [6, 6.07) is 51.3. The number of benzene rings is 5. The summed E-state index contributed by atoms with van der Waals surface area (Å²) in [5.74, 6) is 1.03. The molecule has 10 rings (SSSR count). The maximum Gasteiger partial charge on any atom is 0.145 e. The van der Waals surface area contributed by atoms with Crippen LogP contribution in [0.15, 0.2) is 169 Å². The van der Waals surface area contributed by atoms with Crippen LogP contribution < -0.4 is 5.32 Å². The minimum absolute atomic E-state index is 0.167. The number of para-hydroxylation sites is 2. The minimum atomic E-state index is -0.217. The molecule has 1 aliphatic heterocycles. The number of pyridine rings is 1. The molecular formula is C45H33N5. The van der Waals surface area contributed by atoms with Crippen LogP contribution >= 0.6 is 0 Å². The van der Waals surface area contributed by atoms with E-state index < -0.39 is 0 Å². The Morgan fingerprint density at radius 3 is 2.20 bits per heavy atom. The fourth-order valence-electron chi connectivity index (χ4n) is 8.04. The molecule has 5 heteroatoms. The van der Waals surface area contributed by atoms with Crippen LogP contribution in [0.3, 0.4) is 0 Å². The van der Waals surface area contributed by atoms with Crippen molar-refractivity contribution in [3.63, 3.8) is 0 Å². The Balaban J connectivity index is 1.14. The van der Waals surface area contributed by atoms with Crippen LogP contribution in [0.4, 0.5) is 0 Å². The van der Waals surface area contributed by atoms with Crippen LogP contribution in [-0.2, 0) is 6.42 Å². The van der Waals surface area contributed by atoms with Crippen LogP contribution in [-0.4, -0.2) is 20.0 Å². The van der Waals surface area contributed by atoms with Gasteiger partial charge in [0.25, 0.3) is 0 Å². The van der Waals surface area contributed by atoms with Crippen LogP contribution in [0.1, 0.15) is 39.9 Å². The van der Waals surface area contributed by atoms with E-state index in [-0.39, 0.29) is 12.0 Å². The quantitative estimate of drug-likeness (QED) is 0.203. The third-order valence-corrected chi connectivity index (χ3v) is 10.2. The van der Waals surface area contributed by atoms with Crippen molar-refractivity contribution in [2.24, 2.45) is 4.99 Å². The summed E-state index contributed by atoms with van der Waals surface area (Å²) in [5, 5.41) is 7.31. The van der Waals surface area contributed by atoms with E-state index in [4.69, 9.17) is 9.98 Å². The SMILES string of the molecule is C1=CC(c2cccc3c2c2ccccc2n3-c2ccccc2)Cc2c1c1cccnc1n2C1=CNC(c2ccccc2)=NC1c1ccccc1. The Morgan fingerprint density at radius 1 is 0.640 bits per heavy atom. The van der Waals surface area contributed by atoms with Crippen molar-refractivity contribution < 1.29 is 0 Å². The van der Waals surface area contributed by atoms with Gasteiger partial charge in [-0.1, -0.05) is 121 Å². The van der Waals surface area contributed by atoms with E-state index >= 15 is 0 Å². The Morgan fingerprint density at radius 2 is 1.36 bits per heavy atom. The van der Waals surface area contributed by atoms with Gasteiger partial charge in [-0.2, -0.15) is 0 Å². The highest BCUT2D eigenvalue weighted by Gasteiger charge is 2.31. The second-order valence-electron chi connectivity index (χ2n) is 13.0. The van der Waals surface area contributed by atoms with Gasteiger partial charge in [0.15, 0.2) is 0 Å². The van der Waals surface area contributed by atoms with E-state index in [1.54, 1.807) is 0 Å². The van der Waals surface area contributed by atoms with Crippen molar-refractivity contribution in [2.45, 2.75) is 18.4 Å². The first kappa shape index (κ1) is 28.5. The molecule has 2 aliphatic rings. The molecule has 2 atom stereocenters. The van der Waals surface area contributed by atoms with E-state index in [9.17, 15) is 0 Å². The first-order valence-electron chi connectivity index (χ1n) is 17.2. The van der Waals surface area contributed by atoms with E-state index in [1.807, 2.05) is 18.3 Å². The smallest absolute Gasteiger partial charge is 0.145 e. The third kappa shape index (κ3) is 4.47. The number of aromatic nitrogens is 3. The number of fused-ring (bicyclic) bond motifs is 6. The second kappa shape index (κ2) is 11.6. The number of aliphatic imine (C=N–C) groups is 1. The van der Waals surface area contributed by atoms with Crippen LogP contribution in [0, 0.1) is 0 Å². The van der Waals surface area contributed by atoms with Gasteiger partial charge in [-0.15, -0.1) is 0 Å². The van der Waals surface area contributed by atoms with Gasteiger partial charge >= 0.3 is 0 Å². The molecule has 5 nitrogen and oxygen atoms in total. The molecule has 0 amide bonds. The van der Waals surface area contributed by atoms with E-state index in [0.717, 1.165) is 40.1 Å². The highest BCUT2D eigenvalue weighted by Crippen LogP contribution is 2.44. The normalized spacial score (nSPS) is 17.0. The van der Waals surface area contributed by atoms with Gasteiger partial charge in [0.05, 0.1) is 16.7 Å². The summed E-state index contributed by atoms with van der Waals surface area (Å²) in [6.45, 7) is 0. The van der Waals surface area contributed by atoms with Crippen LogP contribution in [0.25, 0.3) is 50.3 Å². The molecule has 0 fully saturated rings. The zero-order chi connectivity index (χ0) is 33.0. The molecule has 0 spiro atoms. The average molecular weight is 644 g/mol. The van der Waals surface area contributed by atoms with Crippen molar-refractivity contribution in [2.75, 3.05) is 0 Å². The van der Waals surface area contributed by atoms with Gasteiger partial charge < -0.3 is 9.88 Å². The molecule has 50 heavy (non-hydrogen) atoms. The molecule has 0 bridgehead atoms. The standard InChI is InChI=1S/C45H33N5/c1-4-14-30(15-5-1)43-41(29-47-44(48-43)31-16-6-2-7-17-31)50-40-28-32(25-26-35(40)36-22-13-27-46-45(36)50)34-21-12-24-39-42(34)37-20-10-11-23-38(37)49(39)33-18-8-3-9-19-33/h1-27,29,32,43H,28H2,(H,47,48). The van der Waals surface area contributed by atoms with Gasteiger partial charge in [-0.25, -0.2) is 4.98 Å². The number of amidine groups is 1. The molecule has 1 aliphatic carbocycles.